The van der Waals surface area contributed by atoms with Gasteiger partial charge in [-0.15, -0.1) is 0 Å². The maximum absolute atomic E-state index is 13.3. The molecule has 5 nitrogen and oxygen atoms in total. The Kier molecular flexibility index (Phi) is 9.79. The average Bonchev–Trinajstić information content (AvgIpc) is 2.83. The summed E-state index contributed by atoms with van der Waals surface area (Å²) in [5.41, 5.74) is 2.20. The molecule has 0 radical (unpaired) electrons. The molecule has 0 unspecified atom stereocenters. The molecule has 2 aromatic carbocycles. The smallest absolute Gasteiger partial charge is 0.243 e. The third-order valence-electron chi connectivity index (χ3n) is 6.32. The number of nitrogens with zero attached hydrogens (tertiary/aromatic N) is 1. The van der Waals surface area contributed by atoms with E-state index in [1.807, 2.05) is 62.4 Å². The van der Waals surface area contributed by atoms with E-state index < -0.39 is 6.04 Å². The summed E-state index contributed by atoms with van der Waals surface area (Å²) >= 11 is 0. The van der Waals surface area contributed by atoms with Gasteiger partial charge in [0.05, 0.1) is 6.61 Å². The lowest BCUT2D eigenvalue weighted by Crippen LogP contribution is -2.51. The van der Waals surface area contributed by atoms with E-state index in [1.54, 1.807) is 4.90 Å². The lowest BCUT2D eigenvalue weighted by molar-refractivity contribution is -0.142. The van der Waals surface area contributed by atoms with Crippen molar-refractivity contribution in [3.05, 3.63) is 65.7 Å². The van der Waals surface area contributed by atoms with E-state index in [1.165, 1.54) is 6.42 Å². The van der Waals surface area contributed by atoms with Gasteiger partial charge in [0.25, 0.3) is 0 Å². The molecule has 5 heteroatoms. The molecule has 1 aliphatic rings. The number of hydrogen-bond acceptors (Lipinski definition) is 3. The van der Waals surface area contributed by atoms with Crippen LogP contribution in [0.3, 0.4) is 0 Å². The Morgan fingerprint density at radius 3 is 2.52 bits per heavy atom. The van der Waals surface area contributed by atoms with Crippen molar-refractivity contribution in [1.82, 2.24) is 10.2 Å². The third kappa shape index (κ3) is 7.92. The highest BCUT2D eigenvalue weighted by Crippen LogP contribution is 2.20. The largest absolute Gasteiger partial charge is 0.494 e. The van der Waals surface area contributed by atoms with Crippen LogP contribution in [0.25, 0.3) is 0 Å². The van der Waals surface area contributed by atoms with Crippen molar-refractivity contribution in [2.24, 2.45) is 0 Å². The molecule has 0 aliphatic heterocycles. The van der Waals surface area contributed by atoms with Crippen LogP contribution in [0.1, 0.15) is 69.4 Å². The lowest BCUT2D eigenvalue weighted by atomic mass is 9.95. The van der Waals surface area contributed by atoms with Gasteiger partial charge >= 0.3 is 0 Å². The van der Waals surface area contributed by atoms with Gasteiger partial charge in [-0.3, -0.25) is 9.59 Å². The molecule has 178 valence electrons. The SMILES string of the molecule is CC[C@H](C(=O)NC1CCCCC1)N(Cc1cccc(C)c1)C(=O)CCCOc1ccccc1. The Hall–Kier alpha value is -2.82. The predicted octanol–water partition coefficient (Wildman–Crippen LogP) is 5.41. The first kappa shape index (κ1) is 24.8. The average molecular weight is 451 g/mol. The second-order valence-electron chi connectivity index (χ2n) is 9.04. The van der Waals surface area contributed by atoms with Gasteiger partial charge in [-0.05, 0) is 50.3 Å². The molecule has 0 spiro atoms. The van der Waals surface area contributed by atoms with E-state index in [4.69, 9.17) is 4.74 Å². The molecule has 1 atom stereocenters. The number of rotatable bonds is 11. The summed E-state index contributed by atoms with van der Waals surface area (Å²) in [4.78, 5) is 28.3. The predicted molar refractivity (Wildman–Crippen MR) is 132 cm³/mol. The van der Waals surface area contributed by atoms with Crippen LogP contribution in [0.4, 0.5) is 0 Å². The van der Waals surface area contributed by atoms with Gasteiger partial charge in [-0.25, -0.2) is 0 Å². The zero-order valence-electron chi connectivity index (χ0n) is 20.1. The van der Waals surface area contributed by atoms with E-state index >= 15 is 0 Å². The Morgan fingerprint density at radius 1 is 1.06 bits per heavy atom. The van der Waals surface area contributed by atoms with Gasteiger partial charge in [0.1, 0.15) is 11.8 Å². The summed E-state index contributed by atoms with van der Waals surface area (Å²) in [5.74, 6) is 0.782. The summed E-state index contributed by atoms with van der Waals surface area (Å²) < 4.78 is 5.75. The van der Waals surface area contributed by atoms with Crippen LogP contribution in [0.2, 0.25) is 0 Å². The van der Waals surface area contributed by atoms with Crippen LogP contribution < -0.4 is 10.1 Å². The molecule has 2 aromatic rings. The summed E-state index contributed by atoms with van der Waals surface area (Å²) in [6, 6.07) is 17.6. The van der Waals surface area contributed by atoms with Crippen molar-refractivity contribution in [3.8, 4) is 5.75 Å². The third-order valence-corrected chi connectivity index (χ3v) is 6.32. The number of carbonyl (C=O) groups is 2. The fraction of sp³-hybridized carbons (Fsp3) is 0.500. The van der Waals surface area contributed by atoms with Crippen molar-refractivity contribution >= 4 is 11.8 Å². The Bertz CT molecular complexity index is 878. The number of nitrogens with one attached hydrogen (secondary N) is 1. The fourth-order valence-corrected chi connectivity index (χ4v) is 4.54. The van der Waals surface area contributed by atoms with E-state index in [0.717, 1.165) is 42.6 Å². The standard InChI is InChI=1S/C28H38N2O3/c1-3-26(28(32)29-24-14-6-4-7-15-24)30(21-23-13-10-12-22(2)20-23)27(31)18-11-19-33-25-16-8-5-9-17-25/h5,8-10,12-13,16-17,20,24,26H,3-4,6-7,11,14-15,18-19,21H2,1-2H3,(H,29,32)/t26-/m1/s1. The molecule has 0 bridgehead atoms. The minimum atomic E-state index is -0.463. The van der Waals surface area contributed by atoms with E-state index in [0.29, 0.717) is 32.4 Å². The van der Waals surface area contributed by atoms with Gasteiger partial charge in [0, 0.05) is 19.0 Å². The number of ether oxygens (including phenoxy) is 1. The highest BCUT2D eigenvalue weighted by molar-refractivity contribution is 5.87. The fourth-order valence-electron chi connectivity index (χ4n) is 4.54. The topological polar surface area (TPSA) is 58.6 Å². The second kappa shape index (κ2) is 13.0. The number of hydrogen-bond donors (Lipinski definition) is 1. The van der Waals surface area contributed by atoms with Gasteiger partial charge in [-0.1, -0.05) is 74.2 Å². The molecule has 0 saturated heterocycles. The minimum Gasteiger partial charge on any atom is -0.494 e. The quantitative estimate of drug-likeness (QED) is 0.466. The van der Waals surface area contributed by atoms with E-state index in [-0.39, 0.29) is 17.9 Å². The zero-order chi connectivity index (χ0) is 23.5. The number of amides is 2. The van der Waals surface area contributed by atoms with Crippen LogP contribution in [0, 0.1) is 6.92 Å². The van der Waals surface area contributed by atoms with Gasteiger partial charge in [0.2, 0.25) is 11.8 Å². The molecular weight excluding hydrogens is 412 g/mol. The maximum atomic E-state index is 13.3. The highest BCUT2D eigenvalue weighted by atomic mass is 16.5. The second-order valence-corrected chi connectivity index (χ2v) is 9.04. The van der Waals surface area contributed by atoms with Crippen LogP contribution >= 0.6 is 0 Å². The minimum absolute atomic E-state index is 0.00110. The van der Waals surface area contributed by atoms with Crippen molar-refractivity contribution < 1.29 is 14.3 Å². The van der Waals surface area contributed by atoms with Crippen molar-refractivity contribution in [3.63, 3.8) is 0 Å². The molecule has 3 rings (SSSR count). The zero-order valence-corrected chi connectivity index (χ0v) is 20.1. The molecule has 1 aliphatic carbocycles. The molecule has 1 saturated carbocycles. The maximum Gasteiger partial charge on any atom is 0.243 e. The van der Waals surface area contributed by atoms with Crippen molar-refractivity contribution in [1.29, 1.82) is 0 Å². The van der Waals surface area contributed by atoms with Gasteiger partial charge in [0.15, 0.2) is 0 Å². The van der Waals surface area contributed by atoms with E-state index in [2.05, 4.69) is 11.4 Å². The Balaban J connectivity index is 1.65. The highest BCUT2D eigenvalue weighted by Gasteiger charge is 2.30. The number of benzene rings is 2. The number of para-hydroxylation sites is 1. The number of carbonyl (C=O) groups excluding carboxylic acids is 2. The molecule has 0 aromatic heterocycles. The van der Waals surface area contributed by atoms with Crippen LogP contribution in [-0.4, -0.2) is 35.4 Å². The van der Waals surface area contributed by atoms with E-state index in [9.17, 15) is 9.59 Å². The monoisotopic (exact) mass is 450 g/mol. The summed E-state index contributed by atoms with van der Waals surface area (Å²) in [6.07, 6.45) is 7.19. The summed E-state index contributed by atoms with van der Waals surface area (Å²) in [7, 11) is 0. The summed E-state index contributed by atoms with van der Waals surface area (Å²) in [5, 5.41) is 3.23. The molecule has 0 heterocycles. The molecule has 1 N–H and O–H groups in total. The summed E-state index contributed by atoms with van der Waals surface area (Å²) in [6.45, 7) is 4.94. The lowest BCUT2D eigenvalue weighted by Gasteiger charge is -2.33. The molecule has 2 amide bonds. The number of aryl methyl sites for hydroxylation is 1. The molecular formula is C28H38N2O3. The normalized spacial score (nSPS) is 15.0. The van der Waals surface area contributed by atoms with Crippen LogP contribution in [0.15, 0.2) is 54.6 Å². The molecule has 33 heavy (non-hydrogen) atoms. The van der Waals surface area contributed by atoms with Crippen molar-refractivity contribution in [2.75, 3.05) is 6.61 Å². The van der Waals surface area contributed by atoms with Crippen LogP contribution in [-0.2, 0) is 16.1 Å². The first-order valence-corrected chi connectivity index (χ1v) is 12.4. The van der Waals surface area contributed by atoms with Gasteiger partial charge < -0.3 is 15.0 Å². The van der Waals surface area contributed by atoms with Crippen molar-refractivity contribution in [2.45, 2.75) is 83.8 Å². The van der Waals surface area contributed by atoms with Gasteiger partial charge in [-0.2, -0.15) is 0 Å². The Morgan fingerprint density at radius 2 is 1.82 bits per heavy atom. The first-order valence-electron chi connectivity index (χ1n) is 12.4. The molecule has 1 fully saturated rings. The Labute approximate surface area is 198 Å². The first-order chi connectivity index (χ1) is 16.1. The van der Waals surface area contributed by atoms with Crippen LogP contribution in [0.5, 0.6) is 5.75 Å².